The van der Waals surface area contributed by atoms with Crippen LogP contribution in [0.15, 0.2) is 67.3 Å². The predicted molar refractivity (Wildman–Crippen MR) is 137 cm³/mol. The summed E-state index contributed by atoms with van der Waals surface area (Å²) in [5.74, 6) is 2.37. The molecule has 0 fully saturated rings. The minimum Gasteiger partial charge on any atom is -0.497 e. The van der Waals surface area contributed by atoms with Gasteiger partial charge < -0.3 is 14.6 Å². The number of benzene rings is 2. The molecule has 0 saturated carbocycles. The lowest BCUT2D eigenvalue weighted by molar-refractivity contribution is 0.0453. The van der Waals surface area contributed by atoms with Gasteiger partial charge in [0.2, 0.25) is 5.88 Å². The van der Waals surface area contributed by atoms with Crippen molar-refractivity contribution < 1.29 is 14.6 Å². The smallest absolute Gasteiger partial charge is 0.227 e. The van der Waals surface area contributed by atoms with Crippen LogP contribution in [0, 0.1) is 0 Å². The van der Waals surface area contributed by atoms with E-state index >= 15 is 0 Å². The summed E-state index contributed by atoms with van der Waals surface area (Å²) in [4.78, 5) is 2.22. The highest BCUT2D eigenvalue weighted by Crippen LogP contribution is 2.35. The van der Waals surface area contributed by atoms with E-state index in [4.69, 9.17) is 14.6 Å². The Morgan fingerprint density at radius 1 is 1.06 bits per heavy atom. The Morgan fingerprint density at radius 2 is 1.71 bits per heavy atom. The summed E-state index contributed by atoms with van der Waals surface area (Å²) in [6.07, 6.45) is 1.59. The molecule has 0 bridgehead atoms. The van der Waals surface area contributed by atoms with Crippen molar-refractivity contribution in [2.45, 2.75) is 58.7 Å². The Labute approximate surface area is 203 Å². The average molecular weight is 464 g/mol. The minimum atomic E-state index is -1.01. The van der Waals surface area contributed by atoms with Crippen LogP contribution in [0.25, 0.3) is 5.69 Å². The number of methoxy groups -OCH3 is 1. The van der Waals surface area contributed by atoms with Crippen LogP contribution in [0.1, 0.15) is 51.8 Å². The van der Waals surface area contributed by atoms with E-state index in [-0.39, 0.29) is 12.0 Å². The molecule has 182 valence electrons. The van der Waals surface area contributed by atoms with Gasteiger partial charge in [-0.1, -0.05) is 38.1 Å². The van der Waals surface area contributed by atoms with Gasteiger partial charge in [-0.15, -0.1) is 6.58 Å². The Kier molecular flexibility index (Phi) is 8.18. The fourth-order valence-electron chi connectivity index (χ4n) is 3.77. The molecular formula is C28H37N3O3. The molecule has 6 heteroatoms. The third-order valence-electron chi connectivity index (χ3n) is 5.84. The fraction of sp³-hybridized carbons (Fsp3) is 0.393. The van der Waals surface area contributed by atoms with Crippen molar-refractivity contribution in [3.63, 3.8) is 0 Å². The molecule has 2 aromatic carbocycles. The van der Waals surface area contributed by atoms with E-state index < -0.39 is 5.60 Å². The second-order valence-electron chi connectivity index (χ2n) is 9.41. The number of rotatable bonds is 11. The maximum Gasteiger partial charge on any atom is 0.227 e. The van der Waals surface area contributed by atoms with Gasteiger partial charge >= 0.3 is 0 Å². The average Bonchev–Trinajstić information content (AvgIpc) is 3.17. The van der Waals surface area contributed by atoms with Gasteiger partial charge in [0.15, 0.2) is 0 Å². The van der Waals surface area contributed by atoms with Crippen molar-refractivity contribution in [2.24, 2.45) is 0 Å². The first kappa shape index (κ1) is 25.5. The van der Waals surface area contributed by atoms with E-state index in [9.17, 15) is 5.11 Å². The molecule has 3 aromatic rings. The van der Waals surface area contributed by atoms with Crippen LogP contribution in [0.3, 0.4) is 0 Å². The van der Waals surface area contributed by atoms with Crippen molar-refractivity contribution >= 4 is 0 Å². The molecule has 1 unspecified atom stereocenters. The van der Waals surface area contributed by atoms with Crippen LogP contribution >= 0.6 is 0 Å². The largest absolute Gasteiger partial charge is 0.497 e. The third-order valence-corrected chi connectivity index (χ3v) is 5.84. The van der Waals surface area contributed by atoms with Crippen LogP contribution in [-0.2, 0) is 6.54 Å². The van der Waals surface area contributed by atoms with E-state index in [1.807, 2.05) is 59.3 Å². The second-order valence-corrected chi connectivity index (χ2v) is 9.41. The fourth-order valence-corrected chi connectivity index (χ4v) is 3.77. The molecule has 1 atom stereocenters. The van der Waals surface area contributed by atoms with Crippen molar-refractivity contribution in [3.05, 3.63) is 78.5 Å². The summed E-state index contributed by atoms with van der Waals surface area (Å²) in [6.45, 7) is 15.1. The van der Waals surface area contributed by atoms with Gasteiger partial charge in [0.25, 0.3) is 0 Å². The lowest BCUT2D eigenvalue weighted by Crippen LogP contribution is -2.42. The van der Waals surface area contributed by atoms with Crippen LogP contribution in [-0.4, -0.2) is 45.1 Å². The van der Waals surface area contributed by atoms with Crippen molar-refractivity contribution in [3.8, 4) is 23.1 Å². The molecular weight excluding hydrogens is 426 g/mol. The topological polar surface area (TPSA) is 59.8 Å². The van der Waals surface area contributed by atoms with Crippen molar-refractivity contribution in [1.82, 2.24) is 14.7 Å². The van der Waals surface area contributed by atoms with Gasteiger partial charge in [-0.05, 0) is 63.1 Å². The first-order valence-corrected chi connectivity index (χ1v) is 11.7. The molecule has 0 spiro atoms. The van der Waals surface area contributed by atoms with E-state index in [2.05, 4.69) is 39.2 Å². The van der Waals surface area contributed by atoms with Crippen LogP contribution in [0.4, 0.5) is 0 Å². The van der Waals surface area contributed by atoms with Gasteiger partial charge in [0.05, 0.1) is 29.7 Å². The number of nitrogens with zero attached hydrogens (tertiary/aromatic N) is 3. The normalized spacial score (nSPS) is 13.4. The van der Waals surface area contributed by atoms with Crippen LogP contribution in [0.5, 0.6) is 17.4 Å². The lowest BCUT2D eigenvalue weighted by atomic mass is 10.0. The highest BCUT2D eigenvalue weighted by atomic mass is 16.5. The number of hydrogen-bond donors (Lipinski definition) is 1. The molecule has 1 heterocycles. The molecule has 0 aliphatic carbocycles. The molecule has 0 radical (unpaired) electrons. The second kappa shape index (κ2) is 10.9. The molecule has 0 aliphatic heterocycles. The molecule has 3 rings (SSSR count). The number of aromatic nitrogens is 2. The molecule has 34 heavy (non-hydrogen) atoms. The standard InChI is InChI=1S/C28H37N3O3/c1-8-28(6,32)19-30(21(4)5)18-25-26(20(2)3)29-31(22-14-16-23(33-7)17-15-22)27(25)34-24-12-10-9-11-13-24/h8-17,20-21,32H,1,18-19H2,2-7H3. The zero-order valence-corrected chi connectivity index (χ0v) is 21.2. The Balaban J connectivity index is 2.15. The molecule has 6 nitrogen and oxygen atoms in total. The van der Waals surface area contributed by atoms with Crippen LogP contribution in [0.2, 0.25) is 0 Å². The molecule has 1 N–H and O–H groups in total. The number of ether oxygens (including phenoxy) is 2. The Morgan fingerprint density at radius 3 is 2.24 bits per heavy atom. The maximum absolute atomic E-state index is 10.7. The SMILES string of the molecule is C=CC(C)(O)CN(Cc1c(C(C)C)nn(-c2ccc(OC)cc2)c1Oc1ccccc1)C(C)C. The predicted octanol–water partition coefficient (Wildman–Crippen LogP) is 5.94. The summed E-state index contributed by atoms with van der Waals surface area (Å²) in [7, 11) is 1.65. The minimum absolute atomic E-state index is 0.182. The summed E-state index contributed by atoms with van der Waals surface area (Å²) in [6, 6.07) is 17.7. The first-order valence-electron chi connectivity index (χ1n) is 11.7. The van der Waals surface area contributed by atoms with Gasteiger partial charge in [0.1, 0.15) is 11.5 Å². The van der Waals surface area contributed by atoms with Gasteiger partial charge in [0, 0.05) is 19.1 Å². The van der Waals surface area contributed by atoms with E-state index in [0.29, 0.717) is 19.0 Å². The maximum atomic E-state index is 10.7. The van der Waals surface area contributed by atoms with Gasteiger partial charge in [-0.2, -0.15) is 5.10 Å². The third kappa shape index (κ3) is 6.07. The van der Waals surface area contributed by atoms with E-state index in [1.54, 1.807) is 20.1 Å². The Hall–Kier alpha value is -3.09. The number of aliphatic hydroxyl groups is 1. The monoisotopic (exact) mass is 463 g/mol. The summed E-state index contributed by atoms with van der Waals surface area (Å²) >= 11 is 0. The lowest BCUT2D eigenvalue weighted by Gasteiger charge is -2.32. The van der Waals surface area contributed by atoms with Crippen molar-refractivity contribution in [2.75, 3.05) is 13.7 Å². The zero-order valence-electron chi connectivity index (χ0n) is 21.2. The van der Waals surface area contributed by atoms with Crippen LogP contribution < -0.4 is 9.47 Å². The highest BCUT2D eigenvalue weighted by Gasteiger charge is 2.28. The summed E-state index contributed by atoms with van der Waals surface area (Å²) in [5.41, 5.74) is 1.84. The first-order chi connectivity index (χ1) is 16.1. The zero-order chi connectivity index (χ0) is 24.9. The van der Waals surface area contributed by atoms with Gasteiger partial charge in [-0.3, -0.25) is 4.90 Å². The van der Waals surface area contributed by atoms with Gasteiger partial charge in [-0.25, -0.2) is 4.68 Å². The molecule has 0 saturated heterocycles. The van der Waals surface area contributed by atoms with E-state index in [0.717, 1.165) is 28.4 Å². The number of para-hydroxylation sites is 1. The van der Waals surface area contributed by atoms with Crippen molar-refractivity contribution in [1.29, 1.82) is 0 Å². The molecule has 1 aromatic heterocycles. The number of hydrogen-bond acceptors (Lipinski definition) is 5. The summed E-state index contributed by atoms with van der Waals surface area (Å²) in [5, 5.41) is 15.7. The molecule has 0 amide bonds. The highest BCUT2D eigenvalue weighted by molar-refractivity contribution is 5.46. The molecule has 0 aliphatic rings. The quantitative estimate of drug-likeness (QED) is 0.356. The summed E-state index contributed by atoms with van der Waals surface area (Å²) < 4.78 is 13.7. The Bertz CT molecular complexity index is 1070. The van der Waals surface area contributed by atoms with E-state index in [1.165, 1.54) is 0 Å².